The van der Waals surface area contributed by atoms with E-state index < -0.39 is 21.7 Å². The molecule has 21 heavy (non-hydrogen) atoms. The number of benzene rings is 1. The van der Waals surface area contributed by atoms with Gasteiger partial charge in [0.25, 0.3) is 0 Å². The second kappa shape index (κ2) is 8.03. The summed E-state index contributed by atoms with van der Waals surface area (Å²) in [4.78, 5) is -0.252. The fourth-order valence-corrected chi connectivity index (χ4v) is 3.35. The van der Waals surface area contributed by atoms with Crippen LogP contribution in [0, 0.1) is 17.6 Å². The van der Waals surface area contributed by atoms with E-state index in [0.717, 1.165) is 44.5 Å². The molecule has 0 radical (unpaired) electrons. The lowest BCUT2D eigenvalue weighted by atomic mass is 9.96. The molecule has 0 aliphatic carbocycles. The Morgan fingerprint density at radius 2 is 2.05 bits per heavy atom. The molecule has 0 aromatic heterocycles. The van der Waals surface area contributed by atoms with E-state index in [-0.39, 0.29) is 17.3 Å². The van der Waals surface area contributed by atoms with Gasteiger partial charge >= 0.3 is 0 Å². The zero-order valence-electron chi connectivity index (χ0n) is 11.4. The molecule has 1 atom stereocenters. The van der Waals surface area contributed by atoms with Crippen molar-refractivity contribution in [1.82, 2.24) is 10.0 Å². The van der Waals surface area contributed by atoms with Crippen LogP contribution in [0.3, 0.4) is 0 Å². The second-order valence-corrected chi connectivity index (χ2v) is 6.74. The van der Waals surface area contributed by atoms with E-state index in [1.54, 1.807) is 0 Å². The first-order chi connectivity index (χ1) is 9.49. The van der Waals surface area contributed by atoms with Crippen LogP contribution in [0.4, 0.5) is 8.78 Å². The molecular formula is C13H19ClF2N2O2S. The van der Waals surface area contributed by atoms with E-state index in [4.69, 9.17) is 0 Å². The standard InChI is InChI=1S/C13H18F2N2O2S.ClH/c14-12-4-3-11(8-13(12)15)20(18,19)17-7-5-10-2-1-6-16-9-10;/h3-4,8,10,16-17H,1-2,5-7,9H2;1H. The van der Waals surface area contributed by atoms with Gasteiger partial charge in [-0.15, -0.1) is 12.4 Å². The van der Waals surface area contributed by atoms with Crippen molar-refractivity contribution in [3.05, 3.63) is 29.8 Å². The van der Waals surface area contributed by atoms with Crippen LogP contribution in [0.15, 0.2) is 23.1 Å². The van der Waals surface area contributed by atoms with Crippen molar-refractivity contribution in [2.75, 3.05) is 19.6 Å². The first-order valence-electron chi connectivity index (χ1n) is 6.64. The smallest absolute Gasteiger partial charge is 0.240 e. The highest BCUT2D eigenvalue weighted by atomic mass is 35.5. The summed E-state index contributed by atoms with van der Waals surface area (Å²) in [6.45, 7) is 2.21. The van der Waals surface area contributed by atoms with Crippen molar-refractivity contribution >= 4 is 22.4 Å². The fourth-order valence-electron chi connectivity index (χ4n) is 2.30. The predicted molar refractivity (Wildman–Crippen MR) is 79.0 cm³/mol. The molecule has 120 valence electrons. The lowest BCUT2D eigenvalue weighted by molar-refractivity contribution is 0.358. The van der Waals surface area contributed by atoms with E-state index in [9.17, 15) is 17.2 Å². The Hall–Kier alpha value is -0.760. The molecule has 1 saturated heterocycles. The molecule has 8 heteroatoms. The summed E-state index contributed by atoms with van der Waals surface area (Å²) in [5.41, 5.74) is 0. The molecular weight excluding hydrogens is 322 g/mol. The third kappa shape index (κ3) is 5.18. The molecule has 1 aliphatic heterocycles. The van der Waals surface area contributed by atoms with Gasteiger partial charge in [0.05, 0.1) is 4.90 Å². The lowest BCUT2D eigenvalue weighted by Gasteiger charge is -2.22. The summed E-state index contributed by atoms with van der Waals surface area (Å²) >= 11 is 0. The molecule has 0 amide bonds. The average Bonchev–Trinajstić information content (AvgIpc) is 2.43. The van der Waals surface area contributed by atoms with Gasteiger partial charge in [0, 0.05) is 6.54 Å². The minimum absolute atomic E-state index is 0. The maximum absolute atomic E-state index is 13.0. The molecule has 0 saturated carbocycles. The van der Waals surface area contributed by atoms with Crippen LogP contribution in [0.1, 0.15) is 19.3 Å². The average molecular weight is 341 g/mol. The van der Waals surface area contributed by atoms with E-state index in [2.05, 4.69) is 10.0 Å². The fraction of sp³-hybridized carbons (Fsp3) is 0.538. The van der Waals surface area contributed by atoms with Crippen molar-refractivity contribution in [1.29, 1.82) is 0 Å². The maximum atomic E-state index is 13.0. The largest absolute Gasteiger partial charge is 0.316 e. The molecule has 4 nitrogen and oxygen atoms in total. The van der Waals surface area contributed by atoms with Crippen LogP contribution >= 0.6 is 12.4 Å². The highest BCUT2D eigenvalue weighted by Gasteiger charge is 2.18. The normalized spacial score (nSPS) is 19.0. The first kappa shape index (κ1) is 18.3. The van der Waals surface area contributed by atoms with E-state index in [0.29, 0.717) is 18.5 Å². The summed E-state index contributed by atoms with van der Waals surface area (Å²) in [5.74, 6) is -1.77. The van der Waals surface area contributed by atoms with E-state index >= 15 is 0 Å². The summed E-state index contributed by atoms with van der Waals surface area (Å²) in [7, 11) is -3.78. The Bertz CT molecular complexity index is 563. The SMILES string of the molecule is Cl.O=S(=O)(NCCC1CCCNC1)c1ccc(F)c(F)c1. The van der Waals surface area contributed by atoms with Gasteiger partial charge in [-0.2, -0.15) is 0 Å². The third-order valence-corrected chi connectivity index (χ3v) is 4.90. The summed E-state index contributed by atoms with van der Waals surface area (Å²) in [6.07, 6.45) is 2.91. The molecule has 1 heterocycles. The Kier molecular flexibility index (Phi) is 6.99. The number of hydrogen-bond donors (Lipinski definition) is 2. The molecule has 2 N–H and O–H groups in total. The van der Waals surface area contributed by atoms with Crippen molar-refractivity contribution in [2.45, 2.75) is 24.2 Å². The summed E-state index contributed by atoms with van der Waals surface area (Å²) in [5, 5.41) is 3.26. The predicted octanol–water partition coefficient (Wildman–Crippen LogP) is 2.05. The Balaban J connectivity index is 0.00000220. The van der Waals surface area contributed by atoms with Crippen LogP contribution < -0.4 is 10.0 Å². The topological polar surface area (TPSA) is 58.2 Å². The van der Waals surface area contributed by atoms with Crippen LogP contribution in [-0.4, -0.2) is 28.1 Å². The van der Waals surface area contributed by atoms with Crippen molar-refractivity contribution in [2.24, 2.45) is 5.92 Å². The number of piperidine rings is 1. The van der Waals surface area contributed by atoms with E-state index in [1.165, 1.54) is 0 Å². The number of sulfonamides is 1. The van der Waals surface area contributed by atoms with Gasteiger partial charge in [-0.1, -0.05) is 0 Å². The quantitative estimate of drug-likeness (QED) is 0.862. The molecule has 0 bridgehead atoms. The minimum atomic E-state index is -3.78. The number of hydrogen-bond acceptors (Lipinski definition) is 3. The van der Waals surface area contributed by atoms with Crippen molar-refractivity contribution in [3.8, 4) is 0 Å². The van der Waals surface area contributed by atoms with E-state index in [1.807, 2.05) is 0 Å². The third-order valence-electron chi connectivity index (χ3n) is 3.44. The number of halogens is 3. The van der Waals surface area contributed by atoms with Gasteiger partial charge in [0.1, 0.15) is 0 Å². The molecule has 2 rings (SSSR count). The monoisotopic (exact) mass is 340 g/mol. The molecule has 1 fully saturated rings. The van der Waals surface area contributed by atoms with Crippen molar-refractivity contribution < 1.29 is 17.2 Å². The van der Waals surface area contributed by atoms with Gasteiger partial charge in [-0.25, -0.2) is 21.9 Å². The molecule has 0 spiro atoms. The van der Waals surface area contributed by atoms with Gasteiger partial charge in [0.2, 0.25) is 10.0 Å². The second-order valence-electron chi connectivity index (χ2n) is 4.97. The highest BCUT2D eigenvalue weighted by Crippen LogP contribution is 2.15. The summed E-state index contributed by atoms with van der Waals surface area (Å²) < 4.78 is 52.1. The Labute approximate surface area is 129 Å². The highest BCUT2D eigenvalue weighted by molar-refractivity contribution is 7.89. The number of rotatable bonds is 5. The zero-order valence-corrected chi connectivity index (χ0v) is 13.1. The van der Waals surface area contributed by atoms with Crippen LogP contribution in [0.25, 0.3) is 0 Å². The molecule has 1 aromatic carbocycles. The van der Waals surface area contributed by atoms with Crippen LogP contribution in [-0.2, 0) is 10.0 Å². The van der Waals surface area contributed by atoms with Crippen LogP contribution in [0.5, 0.6) is 0 Å². The number of nitrogens with one attached hydrogen (secondary N) is 2. The minimum Gasteiger partial charge on any atom is -0.316 e. The first-order valence-corrected chi connectivity index (χ1v) is 8.13. The Morgan fingerprint density at radius 1 is 1.29 bits per heavy atom. The van der Waals surface area contributed by atoms with Gasteiger partial charge < -0.3 is 5.32 Å². The van der Waals surface area contributed by atoms with Gasteiger partial charge in [-0.3, -0.25) is 0 Å². The van der Waals surface area contributed by atoms with Gasteiger partial charge in [-0.05, 0) is 56.5 Å². The van der Waals surface area contributed by atoms with Crippen molar-refractivity contribution in [3.63, 3.8) is 0 Å². The lowest BCUT2D eigenvalue weighted by Crippen LogP contribution is -2.33. The Morgan fingerprint density at radius 3 is 2.67 bits per heavy atom. The maximum Gasteiger partial charge on any atom is 0.240 e. The molecule has 1 aromatic rings. The van der Waals surface area contributed by atoms with Crippen LogP contribution in [0.2, 0.25) is 0 Å². The van der Waals surface area contributed by atoms with Gasteiger partial charge in [0.15, 0.2) is 11.6 Å². The molecule has 1 aliphatic rings. The molecule has 1 unspecified atom stereocenters. The summed E-state index contributed by atoms with van der Waals surface area (Å²) in [6, 6.07) is 2.57. The zero-order chi connectivity index (χ0) is 14.6.